The van der Waals surface area contributed by atoms with Gasteiger partial charge in [-0.1, -0.05) is 6.92 Å². The number of amides is 1. The van der Waals surface area contributed by atoms with E-state index in [0.29, 0.717) is 6.54 Å². The molecule has 1 atom stereocenters. The molecule has 5 nitrogen and oxygen atoms in total. The molecule has 0 saturated heterocycles. The highest BCUT2D eigenvalue weighted by Crippen LogP contribution is 2.07. The largest absolute Gasteiger partial charge is 0.355 e. The molecule has 0 unspecified atom stereocenters. The van der Waals surface area contributed by atoms with Crippen LogP contribution in [0, 0.1) is 0 Å². The Labute approximate surface area is 89.7 Å². The lowest BCUT2D eigenvalue weighted by atomic mass is 10.3. The summed E-state index contributed by atoms with van der Waals surface area (Å²) in [4.78, 5) is 15.4. The molecule has 0 aliphatic heterocycles. The zero-order valence-electron chi connectivity index (χ0n) is 9.23. The zero-order chi connectivity index (χ0) is 11.3. The van der Waals surface area contributed by atoms with Crippen LogP contribution in [0.5, 0.6) is 0 Å². The lowest BCUT2D eigenvalue weighted by molar-refractivity contribution is -0.121. The molecule has 0 aliphatic carbocycles. The Morgan fingerprint density at radius 3 is 3.07 bits per heavy atom. The zero-order valence-corrected chi connectivity index (χ0v) is 9.23. The van der Waals surface area contributed by atoms with Gasteiger partial charge in [-0.25, -0.2) is 4.98 Å². The standard InChI is InChI=1S/C10H18N4O/c1-3-4-13-10(15)6-14-7-12-5-9(14)8(2)11/h5,7-8H,3-4,6,11H2,1-2H3,(H,13,15)/t8-/m1/s1. The minimum Gasteiger partial charge on any atom is -0.355 e. The third-order valence-corrected chi connectivity index (χ3v) is 2.10. The van der Waals surface area contributed by atoms with Gasteiger partial charge < -0.3 is 15.6 Å². The highest BCUT2D eigenvalue weighted by Gasteiger charge is 2.09. The number of imidazole rings is 1. The van der Waals surface area contributed by atoms with Gasteiger partial charge in [0.1, 0.15) is 6.54 Å². The van der Waals surface area contributed by atoms with Crippen LogP contribution in [0.1, 0.15) is 32.0 Å². The Balaban J connectivity index is 2.56. The molecule has 0 fully saturated rings. The van der Waals surface area contributed by atoms with Gasteiger partial charge in [-0.15, -0.1) is 0 Å². The van der Waals surface area contributed by atoms with E-state index < -0.39 is 0 Å². The van der Waals surface area contributed by atoms with Crippen molar-refractivity contribution >= 4 is 5.91 Å². The summed E-state index contributed by atoms with van der Waals surface area (Å²) in [5.74, 6) is -0.00301. The first-order chi connectivity index (χ1) is 7.15. The van der Waals surface area contributed by atoms with Crippen LogP contribution in [-0.4, -0.2) is 22.0 Å². The molecule has 1 heterocycles. The Hall–Kier alpha value is -1.36. The molecule has 0 aliphatic rings. The molecule has 3 N–H and O–H groups in total. The summed E-state index contributed by atoms with van der Waals surface area (Å²) >= 11 is 0. The average Bonchev–Trinajstić information content (AvgIpc) is 2.62. The van der Waals surface area contributed by atoms with E-state index in [1.807, 2.05) is 13.8 Å². The van der Waals surface area contributed by atoms with Crippen molar-refractivity contribution in [3.05, 3.63) is 18.2 Å². The lowest BCUT2D eigenvalue weighted by Gasteiger charge is -2.10. The summed E-state index contributed by atoms with van der Waals surface area (Å²) < 4.78 is 1.77. The number of nitrogens with two attached hydrogens (primary N) is 1. The second-order valence-electron chi connectivity index (χ2n) is 3.59. The molecular weight excluding hydrogens is 192 g/mol. The molecule has 5 heteroatoms. The van der Waals surface area contributed by atoms with Crippen molar-refractivity contribution in [2.24, 2.45) is 5.73 Å². The number of nitrogens with one attached hydrogen (secondary N) is 1. The highest BCUT2D eigenvalue weighted by molar-refractivity contribution is 5.75. The topological polar surface area (TPSA) is 72.9 Å². The van der Waals surface area contributed by atoms with Crippen LogP contribution in [-0.2, 0) is 11.3 Å². The SMILES string of the molecule is CCCNC(=O)Cn1cncc1[C@@H](C)N. The normalized spacial score (nSPS) is 12.5. The van der Waals surface area contributed by atoms with E-state index in [1.54, 1.807) is 17.1 Å². The predicted molar refractivity (Wildman–Crippen MR) is 58.1 cm³/mol. The van der Waals surface area contributed by atoms with Crippen LogP contribution in [0.15, 0.2) is 12.5 Å². The van der Waals surface area contributed by atoms with Gasteiger partial charge in [0, 0.05) is 18.8 Å². The molecule has 1 rings (SSSR count). The Morgan fingerprint density at radius 1 is 1.73 bits per heavy atom. The van der Waals surface area contributed by atoms with Crippen molar-refractivity contribution in [2.45, 2.75) is 32.9 Å². The molecular formula is C10H18N4O. The maximum atomic E-state index is 11.4. The molecule has 0 spiro atoms. The number of hydrogen-bond acceptors (Lipinski definition) is 3. The minimum atomic E-state index is -0.105. The molecule has 1 aromatic rings. The van der Waals surface area contributed by atoms with Crippen molar-refractivity contribution < 1.29 is 4.79 Å². The second-order valence-corrected chi connectivity index (χ2v) is 3.59. The fourth-order valence-corrected chi connectivity index (χ4v) is 1.32. The summed E-state index contributed by atoms with van der Waals surface area (Å²) in [6, 6.07) is -0.105. The third-order valence-electron chi connectivity index (χ3n) is 2.10. The summed E-state index contributed by atoms with van der Waals surface area (Å²) in [6.07, 6.45) is 4.26. The first kappa shape index (κ1) is 11.7. The van der Waals surface area contributed by atoms with Crippen molar-refractivity contribution in [3.8, 4) is 0 Å². The molecule has 0 saturated carbocycles. The Morgan fingerprint density at radius 2 is 2.47 bits per heavy atom. The number of rotatable bonds is 5. The van der Waals surface area contributed by atoms with Crippen LogP contribution in [0.3, 0.4) is 0 Å². The second kappa shape index (κ2) is 5.50. The quantitative estimate of drug-likeness (QED) is 0.740. The predicted octanol–water partition coefficient (Wildman–Crippen LogP) is 0.429. The first-order valence-corrected chi connectivity index (χ1v) is 5.17. The molecule has 1 amide bonds. The fourth-order valence-electron chi connectivity index (χ4n) is 1.32. The molecule has 84 valence electrons. The van der Waals surface area contributed by atoms with Gasteiger partial charge in [-0.3, -0.25) is 4.79 Å². The van der Waals surface area contributed by atoms with Crippen molar-refractivity contribution in [1.29, 1.82) is 0 Å². The smallest absolute Gasteiger partial charge is 0.239 e. The Bertz CT molecular complexity index is 319. The van der Waals surface area contributed by atoms with Gasteiger partial charge >= 0.3 is 0 Å². The van der Waals surface area contributed by atoms with Gasteiger partial charge in [0.25, 0.3) is 0 Å². The van der Waals surface area contributed by atoms with E-state index in [-0.39, 0.29) is 18.5 Å². The molecule has 15 heavy (non-hydrogen) atoms. The molecule has 0 aromatic carbocycles. The average molecular weight is 210 g/mol. The summed E-state index contributed by atoms with van der Waals surface area (Å²) in [7, 11) is 0. The number of carbonyl (C=O) groups is 1. The summed E-state index contributed by atoms with van der Waals surface area (Å²) in [5, 5.41) is 2.81. The van der Waals surface area contributed by atoms with Crippen molar-refractivity contribution in [1.82, 2.24) is 14.9 Å². The lowest BCUT2D eigenvalue weighted by Crippen LogP contribution is -2.29. The van der Waals surface area contributed by atoms with E-state index in [1.165, 1.54) is 0 Å². The molecule has 0 radical (unpaired) electrons. The summed E-state index contributed by atoms with van der Waals surface area (Å²) in [6.45, 7) is 4.89. The van der Waals surface area contributed by atoms with Crippen molar-refractivity contribution in [2.75, 3.05) is 6.54 Å². The minimum absolute atomic E-state index is 0.00301. The maximum Gasteiger partial charge on any atom is 0.239 e. The van der Waals surface area contributed by atoms with E-state index in [2.05, 4.69) is 10.3 Å². The van der Waals surface area contributed by atoms with E-state index in [9.17, 15) is 4.79 Å². The van der Waals surface area contributed by atoms with Crippen molar-refractivity contribution in [3.63, 3.8) is 0 Å². The van der Waals surface area contributed by atoms with E-state index in [0.717, 1.165) is 12.1 Å². The van der Waals surface area contributed by atoms with Gasteiger partial charge in [0.05, 0.1) is 12.0 Å². The number of carbonyl (C=O) groups excluding carboxylic acids is 1. The van der Waals surface area contributed by atoms with E-state index >= 15 is 0 Å². The van der Waals surface area contributed by atoms with Gasteiger partial charge in [-0.2, -0.15) is 0 Å². The van der Waals surface area contributed by atoms with Gasteiger partial charge in [0.15, 0.2) is 0 Å². The number of nitrogens with zero attached hydrogens (tertiary/aromatic N) is 2. The third kappa shape index (κ3) is 3.36. The van der Waals surface area contributed by atoms with Crippen LogP contribution in [0.25, 0.3) is 0 Å². The monoisotopic (exact) mass is 210 g/mol. The fraction of sp³-hybridized carbons (Fsp3) is 0.600. The van der Waals surface area contributed by atoms with Crippen LogP contribution >= 0.6 is 0 Å². The van der Waals surface area contributed by atoms with Gasteiger partial charge in [0.2, 0.25) is 5.91 Å². The number of hydrogen-bond donors (Lipinski definition) is 2. The van der Waals surface area contributed by atoms with E-state index in [4.69, 9.17) is 5.73 Å². The molecule has 0 bridgehead atoms. The highest BCUT2D eigenvalue weighted by atomic mass is 16.1. The Kier molecular flexibility index (Phi) is 4.30. The van der Waals surface area contributed by atoms with Crippen LogP contribution in [0.2, 0.25) is 0 Å². The van der Waals surface area contributed by atoms with Crippen LogP contribution in [0.4, 0.5) is 0 Å². The van der Waals surface area contributed by atoms with Crippen LogP contribution < -0.4 is 11.1 Å². The first-order valence-electron chi connectivity index (χ1n) is 5.17. The number of aromatic nitrogens is 2. The molecule has 1 aromatic heterocycles. The summed E-state index contributed by atoms with van der Waals surface area (Å²) in [5.41, 5.74) is 6.62. The maximum absolute atomic E-state index is 11.4. The van der Waals surface area contributed by atoms with Gasteiger partial charge in [-0.05, 0) is 13.3 Å².